The van der Waals surface area contributed by atoms with Crippen LogP contribution in [-0.4, -0.2) is 49.7 Å². The second-order valence-electron chi connectivity index (χ2n) is 10.3. The van der Waals surface area contributed by atoms with Gasteiger partial charge in [0.05, 0.1) is 11.8 Å². The first-order valence-electron chi connectivity index (χ1n) is 12.7. The summed E-state index contributed by atoms with van der Waals surface area (Å²) in [4.78, 5) is 32.0. The molecule has 0 unspecified atom stereocenters. The molecule has 1 aliphatic rings. The van der Waals surface area contributed by atoms with E-state index < -0.39 is 5.60 Å². The van der Waals surface area contributed by atoms with E-state index in [4.69, 9.17) is 26.1 Å². The average molecular weight is 515 g/mol. The van der Waals surface area contributed by atoms with Crippen LogP contribution in [0.25, 0.3) is 17.0 Å². The number of carbonyl (C=O) groups is 1. The van der Waals surface area contributed by atoms with E-state index >= 15 is 0 Å². The quantitative estimate of drug-likeness (QED) is 0.373. The minimum absolute atomic E-state index is 0.103. The molecule has 0 N–H and O–H groups in total. The molecule has 0 saturated carbocycles. The third kappa shape index (κ3) is 6.22. The van der Waals surface area contributed by atoms with Crippen molar-refractivity contribution >= 4 is 23.5 Å². The molecule has 36 heavy (non-hydrogen) atoms. The predicted molar refractivity (Wildman–Crippen MR) is 141 cm³/mol. The Kier molecular flexibility index (Phi) is 7.93. The summed E-state index contributed by atoms with van der Waals surface area (Å²) in [6, 6.07) is 8.96. The van der Waals surface area contributed by atoms with Gasteiger partial charge in [0.2, 0.25) is 11.7 Å². The van der Waals surface area contributed by atoms with Crippen LogP contribution in [0.4, 0.5) is 4.79 Å². The maximum Gasteiger partial charge on any atom is 0.410 e. The number of unbranched alkanes of at least 4 members (excludes halogenated alkanes) is 2. The molecule has 1 amide bonds. The molecule has 1 fully saturated rings. The van der Waals surface area contributed by atoms with Crippen molar-refractivity contribution in [3.8, 4) is 17.1 Å². The molecule has 3 aromatic rings. The number of carbonyl (C=O) groups excluding carboxylic acids is 1. The van der Waals surface area contributed by atoms with Gasteiger partial charge in [-0.1, -0.05) is 43.5 Å². The highest BCUT2D eigenvalue weighted by Crippen LogP contribution is 2.25. The molecule has 0 radical (unpaired) electrons. The number of likely N-dealkylation sites (tertiary alicyclic amines) is 1. The molecule has 4 rings (SSSR count). The Morgan fingerprint density at radius 3 is 2.47 bits per heavy atom. The second kappa shape index (κ2) is 10.9. The summed E-state index contributed by atoms with van der Waals surface area (Å²) in [6.07, 6.45) is 5.79. The summed E-state index contributed by atoms with van der Waals surface area (Å²) >= 11 is 6.04. The summed E-state index contributed by atoms with van der Waals surface area (Å²) in [5.41, 5.74) is 0.879. The molecule has 9 heteroatoms. The number of fused-ring (bicyclic) bond motifs is 1. The van der Waals surface area contributed by atoms with Crippen molar-refractivity contribution in [2.24, 2.45) is 0 Å². The lowest BCUT2D eigenvalue weighted by molar-refractivity contribution is 0.0119. The lowest BCUT2D eigenvalue weighted by atomic mass is 10.1. The Bertz CT molecular complexity index is 1250. The molecule has 0 bridgehead atoms. The topological polar surface area (TPSA) is 78.1 Å². The Morgan fingerprint density at radius 2 is 1.83 bits per heavy atom. The van der Waals surface area contributed by atoms with Crippen LogP contribution in [0.15, 0.2) is 41.3 Å². The fourth-order valence-corrected chi connectivity index (χ4v) is 4.44. The highest BCUT2D eigenvalue weighted by molar-refractivity contribution is 6.30. The minimum Gasteiger partial charge on any atom is -0.475 e. The van der Waals surface area contributed by atoms with Crippen molar-refractivity contribution < 1.29 is 14.3 Å². The van der Waals surface area contributed by atoms with Crippen molar-refractivity contribution in [3.63, 3.8) is 0 Å². The van der Waals surface area contributed by atoms with Crippen LogP contribution < -0.4 is 10.3 Å². The molecule has 0 spiro atoms. The average Bonchev–Trinajstić information content (AvgIpc) is 3.27. The normalized spacial score (nSPS) is 14.9. The van der Waals surface area contributed by atoms with E-state index in [2.05, 4.69) is 6.92 Å². The van der Waals surface area contributed by atoms with E-state index in [1.54, 1.807) is 21.6 Å². The van der Waals surface area contributed by atoms with E-state index in [-0.39, 0.29) is 17.8 Å². The Hall–Kier alpha value is -3.00. The third-order valence-electron chi connectivity index (χ3n) is 6.19. The molecule has 8 nitrogen and oxygen atoms in total. The van der Waals surface area contributed by atoms with Crippen molar-refractivity contribution in [2.45, 2.75) is 78.0 Å². The number of imidazole rings is 1. The fourth-order valence-electron chi connectivity index (χ4n) is 4.32. The van der Waals surface area contributed by atoms with Gasteiger partial charge in [0.15, 0.2) is 0 Å². The molecular weight excluding hydrogens is 480 g/mol. The molecule has 1 aromatic carbocycles. The molecule has 3 heterocycles. The summed E-state index contributed by atoms with van der Waals surface area (Å²) in [7, 11) is 0. The monoisotopic (exact) mass is 514 g/mol. The molecule has 1 aliphatic heterocycles. The van der Waals surface area contributed by atoms with Crippen molar-refractivity contribution in [1.82, 2.24) is 18.9 Å². The van der Waals surface area contributed by atoms with E-state index in [1.807, 2.05) is 49.6 Å². The third-order valence-corrected chi connectivity index (χ3v) is 6.44. The van der Waals surface area contributed by atoms with Gasteiger partial charge in [-0.15, -0.1) is 0 Å². The van der Waals surface area contributed by atoms with Gasteiger partial charge < -0.3 is 14.4 Å². The SMILES string of the molecule is CCCCCn1c(OC2CCN(C(=O)OC(C)(C)C)CC2)cc(=O)n2cc(-c3ccc(Cl)cc3)nc12. The highest BCUT2D eigenvalue weighted by Gasteiger charge is 2.28. The first-order chi connectivity index (χ1) is 17.1. The minimum atomic E-state index is -0.524. The molecular formula is C27H35ClN4O4. The predicted octanol–water partition coefficient (Wildman–Crippen LogP) is 5.78. The van der Waals surface area contributed by atoms with Crippen molar-refractivity contribution in [1.29, 1.82) is 0 Å². The van der Waals surface area contributed by atoms with Crippen LogP contribution in [0.2, 0.25) is 5.02 Å². The standard InChI is InChI=1S/C27H35ClN4O4/c1-5-6-7-14-31-24(35-21-12-15-30(16-13-21)26(34)36-27(2,3)4)17-23(33)32-18-22(29-25(31)32)19-8-10-20(28)11-9-19/h8-11,17-18,21H,5-7,12-16H2,1-4H3. The zero-order valence-electron chi connectivity index (χ0n) is 21.5. The lowest BCUT2D eigenvalue weighted by Crippen LogP contribution is -2.44. The first kappa shape index (κ1) is 26.1. The second-order valence-corrected chi connectivity index (χ2v) is 10.7. The van der Waals surface area contributed by atoms with Crippen LogP contribution in [0.1, 0.15) is 59.8 Å². The van der Waals surface area contributed by atoms with Gasteiger partial charge in [-0.05, 0) is 39.3 Å². The van der Waals surface area contributed by atoms with Crippen molar-refractivity contribution in [3.05, 3.63) is 51.9 Å². The smallest absolute Gasteiger partial charge is 0.410 e. The number of piperidine rings is 1. The molecule has 2 aromatic heterocycles. The Morgan fingerprint density at radius 1 is 1.14 bits per heavy atom. The van der Waals surface area contributed by atoms with Crippen LogP contribution in [0.3, 0.4) is 0 Å². The number of hydrogen-bond donors (Lipinski definition) is 0. The Balaban J connectivity index is 1.57. The zero-order chi connectivity index (χ0) is 25.9. The van der Waals surface area contributed by atoms with Gasteiger partial charge in [-0.2, -0.15) is 0 Å². The number of nitrogens with zero attached hydrogens (tertiary/aromatic N) is 4. The van der Waals surface area contributed by atoms with Gasteiger partial charge in [0, 0.05) is 49.3 Å². The van der Waals surface area contributed by atoms with E-state index in [0.717, 1.165) is 24.8 Å². The van der Waals surface area contributed by atoms with Gasteiger partial charge >= 0.3 is 6.09 Å². The molecule has 194 valence electrons. The van der Waals surface area contributed by atoms with E-state index in [0.29, 0.717) is 54.9 Å². The largest absolute Gasteiger partial charge is 0.475 e. The summed E-state index contributed by atoms with van der Waals surface area (Å²) in [5.74, 6) is 1.08. The van der Waals surface area contributed by atoms with Crippen LogP contribution in [0, 0.1) is 0 Å². The number of rotatable bonds is 7. The Labute approximate surface area is 216 Å². The summed E-state index contributed by atoms with van der Waals surface area (Å²) < 4.78 is 15.4. The van der Waals surface area contributed by atoms with Crippen LogP contribution >= 0.6 is 11.6 Å². The number of hydrogen-bond acceptors (Lipinski definition) is 5. The molecule has 0 aliphatic carbocycles. The number of ether oxygens (including phenoxy) is 2. The maximum atomic E-state index is 13.0. The zero-order valence-corrected chi connectivity index (χ0v) is 22.3. The van der Waals surface area contributed by atoms with E-state index in [9.17, 15) is 9.59 Å². The first-order valence-corrected chi connectivity index (χ1v) is 13.1. The van der Waals surface area contributed by atoms with Crippen molar-refractivity contribution in [2.75, 3.05) is 13.1 Å². The number of aryl methyl sites for hydroxylation is 1. The number of halogens is 1. The molecule has 1 saturated heterocycles. The summed E-state index contributed by atoms with van der Waals surface area (Å²) in [5, 5.41) is 0.648. The van der Waals surface area contributed by atoms with E-state index in [1.165, 1.54) is 0 Å². The maximum absolute atomic E-state index is 13.0. The highest BCUT2D eigenvalue weighted by atomic mass is 35.5. The van der Waals surface area contributed by atoms with Gasteiger partial charge in [-0.25, -0.2) is 9.78 Å². The van der Waals surface area contributed by atoms with Gasteiger partial charge in [0.25, 0.3) is 5.56 Å². The van der Waals surface area contributed by atoms with Crippen LogP contribution in [-0.2, 0) is 11.3 Å². The van der Waals surface area contributed by atoms with Gasteiger partial charge in [0.1, 0.15) is 11.7 Å². The summed E-state index contributed by atoms with van der Waals surface area (Å²) in [6.45, 7) is 9.54. The lowest BCUT2D eigenvalue weighted by Gasteiger charge is -2.33. The molecule has 0 atom stereocenters. The van der Waals surface area contributed by atoms with Gasteiger partial charge in [-0.3, -0.25) is 13.8 Å². The number of aromatic nitrogens is 3. The van der Waals surface area contributed by atoms with Crippen LogP contribution in [0.5, 0.6) is 5.88 Å². The fraction of sp³-hybridized carbons (Fsp3) is 0.519. The number of amides is 1. The number of benzene rings is 1.